The molecule has 1 aliphatic rings. The first-order valence-electron chi connectivity index (χ1n) is 9.07. The molecule has 5 N–H and O–H groups in total. The van der Waals surface area contributed by atoms with Gasteiger partial charge in [-0.25, -0.2) is 9.97 Å². The van der Waals surface area contributed by atoms with Crippen molar-refractivity contribution in [1.82, 2.24) is 20.2 Å². The number of anilines is 2. The molecule has 0 saturated carbocycles. The Kier molecular flexibility index (Phi) is 4.70. The minimum atomic E-state index is -0.0887. The van der Waals surface area contributed by atoms with Gasteiger partial charge in [0.2, 0.25) is 5.88 Å². The third-order valence-corrected chi connectivity index (χ3v) is 4.88. The number of carbonyl (C=O) groups excluding carboxylic acids is 1. The number of benzene rings is 1. The number of piperazine rings is 1. The Morgan fingerprint density at radius 3 is 2.64 bits per heavy atom. The summed E-state index contributed by atoms with van der Waals surface area (Å²) in [4.78, 5) is 23.3. The summed E-state index contributed by atoms with van der Waals surface area (Å²) >= 11 is 0. The number of pyridine rings is 2. The van der Waals surface area contributed by atoms with E-state index < -0.39 is 0 Å². The number of nitrogens with one attached hydrogen (secondary N) is 1. The Morgan fingerprint density at radius 2 is 1.93 bits per heavy atom. The largest absolute Gasteiger partial charge is 0.480 e. The zero-order valence-electron chi connectivity index (χ0n) is 15.6. The van der Waals surface area contributed by atoms with Crippen molar-refractivity contribution >= 4 is 28.3 Å². The number of amides is 1. The molecule has 3 heterocycles. The van der Waals surface area contributed by atoms with Crippen LogP contribution >= 0.6 is 0 Å². The predicted molar refractivity (Wildman–Crippen MR) is 109 cm³/mol. The third-order valence-electron chi connectivity index (χ3n) is 4.88. The highest BCUT2D eigenvalue weighted by Crippen LogP contribution is 2.29. The SMILES string of the molecule is COc1ncc(-c2ccc3nc(N)c(C(=O)N4CCNCC4)cc3c2)cc1N. The lowest BCUT2D eigenvalue weighted by atomic mass is 10.0. The van der Waals surface area contributed by atoms with Gasteiger partial charge in [-0.2, -0.15) is 0 Å². The number of methoxy groups -OCH3 is 1. The number of fused-ring (bicyclic) bond motifs is 1. The van der Waals surface area contributed by atoms with Gasteiger partial charge in [0.1, 0.15) is 5.82 Å². The van der Waals surface area contributed by atoms with Crippen molar-refractivity contribution < 1.29 is 9.53 Å². The van der Waals surface area contributed by atoms with Crippen molar-refractivity contribution in [3.05, 3.63) is 42.1 Å². The van der Waals surface area contributed by atoms with E-state index >= 15 is 0 Å². The molecule has 0 radical (unpaired) electrons. The maximum absolute atomic E-state index is 12.9. The van der Waals surface area contributed by atoms with Crippen LogP contribution < -0.4 is 21.5 Å². The van der Waals surface area contributed by atoms with E-state index in [4.69, 9.17) is 16.2 Å². The molecule has 0 bridgehead atoms. The fourth-order valence-corrected chi connectivity index (χ4v) is 3.38. The van der Waals surface area contributed by atoms with Crippen LogP contribution in [0.25, 0.3) is 22.0 Å². The molecule has 144 valence electrons. The summed E-state index contributed by atoms with van der Waals surface area (Å²) < 4.78 is 5.11. The molecule has 4 rings (SSSR count). The number of hydrogen-bond donors (Lipinski definition) is 3. The summed E-state index contributed by atoms with van der Waals surface area (Å²) in [6, 6.07) is 9.38. The Labute approximate surface area is 162 Å². The average molecular weight is 378 g/mol. The number of nitrogens with zero attached hydrogens (tertiary/aromatic N) is 3. The molecule has 1 amide bonds. The zero-order valence-corrected chi connectivity index (χ0v) is 15.6. The summed E-state index contributed by atoms with van der Waals surface area (Å²) in [6.07, 6.45) is 1.70. The van der Waals surface area contributed by atoms with Gasteiger partial charge in [0, 0.05) is 43.3 Å². The topological polar surface area (TPSA) is 119 Å². The number of rotatable bonds is 3. The lowest BCUT2D eigenvalue weighted by Gasteiger charge is -2.27. The first-order valence-corrected chi connectivity index (χ1v) is 9.07. The number of ether oxygens (including phenoxy) is 1. The fraction of sp³-hybridized carbons (Fsp3) is 0.250. The predicted octanol–water partition coefficient (Wildman–Crippen LogP) is 1.52. The van der Waals surface area contributed by atoms with Crippen LogP contribution in [0.4, 0.5) is 11.5 Å². The zero-order chi connectivity index (χ0) is 19.7. The second kappa shape index (κ2) is 7.32. The highest BCUT2D eigenvalue weighted by Gasteiger charge is 2.21. The van der Waals surface area contributed by atoms with Gasteiger partial charge in [0.05, 0.1) is 23.9 Å². The van der Waals surface area contributed by atoms with Gasteiger partial charge in [0.25, 0.3) is 5.91 Å². The summed E-state index contributed by atoms with van der Waals surface area (Å²) in [5.74, 6) is 0.552. The minimum Gasteiger partial charge on any atom is -0.480 e. The lowest BCUT2D eigenvalue weighted by molar-refractivity contribution is 0.0736. The van der Waals surface area contributed by atoms with E-state index in [0.717, 1.165) is 35.1 Å². The van der Waals surface area contributed by atoms with Gasteiger partial charge in [-0.3, -0.25) is 4.79 Å². The Bertz CT molecular complexity index is 1050. The van der Waals surface area contributed by atoms with Crippen molar-refractivity contribution in [2.75, 3.05) is 44.8 Å². The van der Waals surface area contributed by atoms with Crippen LogP contribution in [0.5, 0.6) is 5.88 Å². The summed E-state index contributed by atoms with van der Waals surface area (Å²) in [5.41, 5.74) is 15.5. The third kappa shape index (κ3) is 3.29. The molecule has 1 saturated heterocycles. The van der Waals surface area contributed by atoms with Gasteiger partial charge in [0.15, 0.2) is 0 Å². The minimum absolute atomic E-state index is 0.0887. The van der Waals surface area contributed by atoms with Crippen molar-refractivity contribution in [3.8, 4) is 17.0 Å². The monoisotopic (exact) mass is 378 g/mol. The second-order valence-corrected chi connectivity index (χ2v) is 6.69. The second-order valence-electron chi connectivity index (χ2n) is 6.69. The van der Waals surface area contributed by atoms with E-state index in [1.54, 1.807) is 11.1 Å². The fourth-order valence-electron chi connectivity index (χ4n) is 3.38. The number of carbonyl (C=O) groups is 1. The summed E-state index contributed by atoms with van der Waals surface area (Å²) in [5, 5.41) is 4.07. The Balaban J connectivity index is 1.73. The van der Waals surface area contributed by atoms with Gasteiger partial charge in [-0.15, -0.1) is 0 Å². The molecule has 0 aliphatic carbocycles. The first kappa shape index (κ1) is 18.0. The van der Waals surface area contributed by atoms with Crippen LogP contribution in [0, 0.1) is 0 Å². The van der Waals surface area contributed by atoms with Gasteiger partial charge >= 0.3 is 0 Å². The van der Waals surface area contributed by atoms with Crippen LogP contribution in [0.3, 0.4) is 0 Å². The highest BCUT2D eigenvalue weighted by atomic mass is 16.5. The smallest absolute Gasteiger partial charge is 0.257 e. The van der Waals surface area contributed by atoms with E-state index in [-0.39, 0.29) is 11.7 Å². The molecular formula is C20H22N6O2. The molecule has 28 heavy (non-hydrogen) atoms. The van der Waals surface area contributed by atoms with Crippen LogP contribution in [0.15, 0.2) is 36.5 Å². The highest BCUT2D eigenvalue weighted by molar-refractivity contribution is 6.02. The molecule has 1 aromatic carbocycles. The van der Waals surface area contributed by atoms with Crippen LogP contribution in [0.1, 0.15) is 10.4 Å². The van der Waals surface area contributed by atoms with Crippen molar-refractivity contribution in [2.24, 2.45) is 0 Å². The Morgan fingerprint density at radius 1 is 1.14 bits per heavy atom. The standard InChI is InChI=1S/C20H22N6O2/c1-28-19-16(21)10-14(11-24-19)12-2-3-17-13(8-12)9-15(18(22)25-17)20(27)26-6-4-23-5-7-26/h2-3,8-11,23H,4-7,21H2,1H3,(H2,22,25). The molecule has 0 unspecified atom stereocenters. The average Bonchev–Trinajstić information content (AvgIpc) is 2.73. The molecule has 1 aliphatic heterocycles. The molecule has 2 aromatic heterocycles. The van der Waals surface area contributed by atoms with E-state index in [1.165, 1.54) is 7.11 Å². The quantitative estimate of drug-likeness (QED) is 0.632. The van der Waals surface area contributed by atoms with Crippen molar-refractivity contribution in [1.29, 1.82) is 0 Å². The maximum Gasteiger partial charge on any atom is 0.257 e. The number of nitrogens with two attached hydrogens (primary N) is 2. The number of aromatic nitrogens is 2. The molecule has 8 heteroatoms. The number of nitrogen functional groups attached to an aromatic ring is 2. The molecule has 1 fully saturated rings. The lowest BCUT2D eigenvalue weighted by Crippen LogP contribution is -2.46. The van der Waals surface area contributed by atoms with Crippen molar-refractivity contribution in [3.63, 3.8) is 0 Å². The Hall–Kier alpha value is -3.39. The summed E-state index contributed by atoms with van der Waals surface area (Å²) in [7, 11) is 1.53. The van der Waals surface area contributed by atoms with Gasteiger partial charge in [-0.1, -0.05) is 6.07 Å². The van der Waals surface area contributed by atoms with E-state index in [0.29, 0.717) is 30.2 Å². The summed E-state index contributed by atoms with van der Waals surface area (Å²) in [6.45, 7) is 2.88. The molecule has 8 nitrogen and oxygen atoms in total. The van der Waals surface area contributed by atoms with Crippen LogP contribution in [0.2, 0.25) is 0 Å². The maximum atomic E-state index is 12.9. The van der Waals surface area contributed by atoms with Gasteiger partial charge in [-0.05, 0) is 29.8 Å². The first-order chi connectivity index (χ1) is 13.6. The molecule has 0 spiro atoms. The molecular weight excluding hydrogens is 356 g/mol. The van der Waals surface area contributed by atoms with Crippen molar-refractivity contribution in [2.45, 2.75) is 0 Å². The van der Waals surface area contributed by atoms with Gasteiger partial charge < -0.3 is 26.4 Å². The molecule has 0 atom stereocenters. The normalized spacial score (nSPS) is 14.2. The van der Waals surface area contributed by atoms with Crippen LogP contribution in [-0.2, 0) is 0 Å². The molecule has 3 aromatic rings. The van der Waals surface area contributed by atoms with Crippen LogP contribution in [-0.4, -0.2) is 54.1 Å². The van der Waals surface area contributed by atoms with E-state index in [2.05, 4.69) is 15.3 Å². The number of hydrogen-bond acceptors (Lipinski definition) is 7. The van der Waals surface area contributed by atoms with E-state index in [9.17, 15) is 4.79 Å². The van der Waals surface area contributed by atoms with E-state index in [1.807, 2.05) is 30.3 Å².